The van der Waals surface area contributed by atoms with Gasteiger partial charge < -0.3 is 4.79 Å². The second kappa shape index (κ2) is 1.74. The topological polar surface area (TPSA) is 21.4 Å². The molecule has 0 N–H and O–H groups in total. The number of hydrogen-bond acceptors (Lipinski definition) is 1. The van der Waals surface area contributed by atoms with Crippen LogP contribution in [0.15, 0.2) is 0 Å². The summed E-state index contributed by atoms with van der Waals surface area (Å²) in [6, 6.07) is 2.66. The van der Waals surface area contributed by atoms with E-state index in [0.717, 1.165) is 19.3 Å². The highest BCUT2D eigenvalue weighted by Gasteiger charge is 2.17. The normalized spacial score (nSPS) is 26.0. The molecule has 0 aliphatic carbocycles. The maximum Gasteiger partial charge on any atom is 0.284 e. The molecule has 1 atom stereocenters. The van der Waals surface area contributed by atoms with Crippen molar-refractivity contribution in [3.63, 3.8) is 0 Å². The molecule has 36 valence electrons. The first-order valence-electron chi connectivity index (χ1n) is 2.31. The van der Waals surface area contributed by atoms with E-state index in [1.807, 2.05) is 0 Å². The van der Waals surface area contributed by atoms with E-state index in [1.165, 1.54) is 0 Å². The van der Waals surface area contributed by atoms with E-state index in [0.29, 0.717) is 0 Å². The standard InChI is InChI=1S/C5H6NO/c7-4-5-1-2-6-3-5/h4-5H,1-2H2/q+1. The van der Waals surface area contributed by atoms with Gasteiger partial charge in [-0.1, -0.05) is 4.85 Å². The fourth-order valence-electron chi connectivity index (χ4n) is 0.548. The predicted octanol–water partition coefficient (Wildman–Crippen LogP) is 0.538. The molecular formula is C5H6NO+. The Morgan fingerprint density at radius 3 is 3.00 bits per heavy atom. The molecule has 0 radical (unpaired) electrons. The molecule has 0 fully saturated rings. The van der Waals surface area contributed by atoms with Crippen LogP contribution in [0.5, 0.6) is 0 Å². The second-order valence-electron chi connectivity index (χ2n) is 1.54. The molecule has 7 heavy (non-hydrogen) atoms. The van der Waals surface area contributed by atoms with Crippen molar-refractivity contribution < 1.29 is 4.79 Å². The second-order valence-corrected chi connectivity index (χ2v) is 1.54. The Morgan fingerprint density at radius 1 is 1.86 bits per heavy atom. The van der Waals surface area contributed by atoms with Crippen LogP contribution in [0.2, 0.25) is 0 Å². The molecule has 0 saturated carbocycles. The molecule has 1 heterocycles. The van der Waals surface area contributed by atoms with E-state index in [4.69, 9.17) is 0 Å². The van der Waals surface area contributed by atoms with Gasteiger partial charge in [-0.3, -0.25) is 0 Å². The van der Waals surface area contributed by atoms with Gasteiger partial charge in [0.1, 0.15) is 6.29 Å². The molecule has 2 nitrogen and oxygen atoms in total. The van der Waals surface area contributed by atoms with Crippen molar-refractivity contribution in [3.8, 4) is 6.07 Å². The summed E-state index contributed by atoms with van der Waals surface area (Å²) in [4.78, 5) is 13.6. The van der Waals surface area contributed by atoms with Gasteiger partial charge in [-0.15, -0.1) is 0 Å². The highest BCUT2D eigenvalue weighted by atomic mass is 16.1. The van der Waals surface area contributed by atoms with Crippen LogP contribution in [0.25, 0.3) is 4.85 Å². The van der Waals surface area contributed by atoms with E-state index in [2.05, 4.69) is 10.9 Å². The van der Waals surface area contributed by atoms with Gasteiger partial charge in [0.2, 0.25) is 0 Å². The molecule has 1 aliphatic heterocycles. The summed E-state index contributed by atoms with van der Waals surface area (Å²) in [5.74, 6) is -0.000000000000000222. The number of hydrogen-bond donors (Lipinski definition) is 0. The van der Waals surface area contributed by atoms with E-state index in [1.54, 1.807) is 0 Å². The SMILES string of the molecule is O=CC1C#[N+]CC1. The maximum atomic E-state index is 9.88. The molecule has 0 bridgehead atoms. The molecule has 0 saturated heterocycles. The van der Waals surface area contributed by atoms with Crippen molar-refractivity contribution in [1.82, 2.24) is 0 Å². The molecule has 2 heteroatoms. The Morgan fingerprint density at radius 2 is 2.71 bits per heavy atom. The average Bonchev–Trinajstić information content (AvgIpc) is 2.14. The number of aldehydes is 1. The Labute approximate surface area is 42.0 Å². The van der Waals surface area contributed by atoms with Crippen molar-refractivity contribution >= 4 is 6.29 Å². The summed E-state index contributed by atoms with van der Waals surface area (Å²) >= 11 is 0. The van der Waals surface area contributed by atoms with E-state index >= 15 is 0 Å². The van der Waals surface area contributed by atoms with Crippen LogP contribution < -0.4 is 0 Å². The molecule has 0 aromatic heterocycles. The Hall–Kier alpha value is -0.840. The molecule has 1 aliphatic rings. The summed E-state index contributed by atoms with van der Waals surface area (Å²) in [5.41, 5.74) is 0. The number of carbonyl (C=O) groups is 1. The molecule has 1 unspecified atom stereocenters. The van der Waals surface area contributed by atoms with Crippen molar-refractivity contribution in [1.29, 1.82) is 0 Å². The first-order valence-corrected chi connectivity index (χ1v) is 2.31. The van der Waals surface area contributed by atoms with Gasteiger partial charge >= 0.3 is 0 Å². The fourth-order valence-corrected chi connectivity index (χ4v) is 0.548. The third-order valence-corrected chi connectivity index (χ3v) is 0.973. The van der Waals surface area contributed by atoms with Crippen molar-refractivity contribution in [3.05, 3.63) is 4.85 Å². The molecule has 0 aromatic carbocycles. The first-order chi connectivity index (χ1) is 3.43. The zero-order chi connectivity index (χ0) is 5.11. The largest absolute Gasteiger partial charge is 0.302 e. The smallest absolute Gasteiger partial charge is 0.284 e. The number of carbonyl (C=O) groups excluding carboxylic acids is 1. The summed E-state index contributed by atoms with van der Waals surface area (Å²) in [7, 11) is 0. The highest BCUT2D eigenvalue weighted by molar-refractivity contribution is 5.58. The zero-order valence-electron chi connectivity index (χ0n) is 3.92. The molecule has 0 amide bonds. The van der Waals surface area contributed by atoms with Crippen molar-refractivity contribution in [2.24, 2.45) is 5.92 Å². The summed E-state index contributed by atoms with van der Waals surface area (Å²) in [6.45, 7) is 0.781. The summed E-state index contributed by atoms with van der Waals surface area (Å²) in [5, 5.41) is 0. The maximum absolute atomic E-state index is 9.88. The van der Waals surface area contributed by atoms with Gasteiger partial charge in [0.05, 0.1) is 6.42 Å². The highest BCUT2D eigenvalue weighted by Crippen LogP contribution is 2.03. The molecule has 1 rings (SSSR count). The van der Waals surface area contributed by atoms with Crippen LogP contribution in [0.1, 0.15) is 6.42 Å². The van der Waals surface area contributed by atoms with Crippen LogP contribution in [0.4, 0.5) is 0 Å². The van der Waals surface area contributed by atoms with Crippen LogP contribution >= 0.6 is 0 Å². The van der Waals surface area contributed by atoms with Gasteiger partial charge in [-0.25, -0.2) is 0 Å². The van der Waals surface area contributed by atoms with Gasteiger partial charge in [-0.2, -0.15) is 0 Å². The predicted molar refractivity (Wildman–Crippen MR) is 26.3 cm³/mol. The van der Waals surface area contributed by atoms with E-state index in [-0.39, 0.29) is 5.92 Å². The lowest BCUT2D eigenvalue weighted by molar-refractivity contribution is -0.109. The quantitative estimate of drug-likeness (QED) is 0.436. The lowest BCUT2D eigenvalue weighted by Crippen LogP contribution is -1.93. The van der Waals surface area contributed by atoms with Crippen LogP contribution in [0.3, 0.4) is 0 Å². The minimum atomic E-state index is -0.000000000000000222. The lowest BCUT2D eigenvalue weighted by Gasteiger charge is -1.75. The lowest BCUT2D eigenvalue weighted by atomic mass is 10.2. The van der Waals surface area contributed by atoms with E-state index < -0.39 is 0 Å². The first kappa shape index (κ1) is 4.32. The van der Waals surface area contributed by atoms with Gasteiger partial charge in [-0.05, 0) is 0 Å². The minimum Gasteiger partial charge on any atom is -0.302 e. The Kier molecular flexibility index (Phi) is 1.08. The van der Waals surface area contributed by atoms with E-state index in [9.17, 15) is 4.79 Å². The van der Waals surface area contributed by atoms with Gasteiger partial charge in [0.25, 0.3) is 12.6 Å². The average molecular weight is 96.1 g/mol. The fraction of sp³-hybridized carbons (Fsp3) is 0.600. The third-order valence-electron chi connectivity index (χ3n) is 0.973. The minimum absolute atomic E-state index is 0.000000000000000222. The molecule has 0 spiro atoms. The Bertz CT molecular complexity index is 131. The van der Waals surface area contributed by atoms with Crippen molar-refractivity contribution in [2.45, 2.75) is 6.42 Å². The van der Waals surface area contributed by atoms with Crippen LogP contribution in [-0.4, -0.2) is 12.8 Å². The van der Waals surface area contributed by atoms with Gasteiger partial charge in [0, 0.05) is 0 Å². The Balaban J connectivity index is 2.48. The van der Waals surface area contributed by atoms with Crippen LogP contribution in [0, 0.1) is 12.0 Å². The zero-order valence-corrected chi connectivity index (χ0v) is 3.92. The number of rotatable bonds is 1. The summed E-state index contributed by atoms with van der Waals surface area (Å²) < 4.78 is 0. The molecule has 0 aromatic rings. The summed E-state index contributed by atoms with van der Waals surface area (Å²) in [6.07, 6.45) is 1.75. The van der Waals surface area contributed by atoms with Gasteiger partial charge in [0.15, 0.2) is 5.92 Å². The monoisotopic (exact) mass is 96.0 g/mol. The van der Waals surface area contributed by atoms with Crippen molar-refractivity contribution in [2.75, 3.05) is 6.54 Å². The van der Waals surface area contributed by atoms with Crippen LogP contribution in [-0.2, 0) is 4.79 Å². The third kappa shape index (κ3) is 0.774. The molecular weight excluding hydrogens is 90.1 g/mol. The number of nitrogens with zero attached hydrogens (tertiary/aromatic N) is 1.